The molecular weight excluding hydrogens is 224 g/mol. The van der Waals surface area contributed by atoms with Gasteiger partial charge in [0.1, 0.15) is 0 Å². The number of nitrogens with one attached hydrogen (secondary N) is 2. The summed E-state index contributed by atoms with van der Waals surface area (Å²) < 4.78 is 0. The fourth-order valence-corrected chi connectivity index (χ4v) is 3.75. The topological polar surface area (TPSA) is 41.1 Å². The Bertz CT molecular complexity index is 276. The first-order valence-electron chi connectivity index (χ1n) is 7.62. The molecule has 3 nitrogen and oxygen atoms in total. The van der Waals surface area contributed by atoms with Crippen molar-refractivity contribution in [1.29, 1.82) is 0 Å². The molecule has 104 valence electrons. The highest BCUT2D eigenvalue weighted by Gasteiger charge is 2.35. The molecule has 2 fully saturated rings. The highest BCUT2D eigenvalue weighted by Crippen LogP contribution is 2.42. The Morgan fingerprint density at radius 2 is 2.06 bits per heavy atom. The molecule has 1 unspecified atom stereocenters. The van der Waals surface area contributed by atoms with Crippen molar-refractivity contribution < 1.29 is 4.79 Å². The second kappa shape index (κ2) is 6.05. The van der Waals surface area contributed by atoms with Crippen molar-refractivity contribution in [3.8, 4) is 0 Å². The third-order valence-electron chi connectivity index (χ3n) is 4.52. The van der Waals surface area contributed by atoms with Gasteiger partial charge in [0, 0.05) is 6.54 Å². The summed E-state index contributed by atoms with van der Waals surface area (Å²) in [5, 5.41) is 6.48. The lowest BCUT2D eigenvalue weighted by molar-refractivity contribution is -0.123. The molecule has 2 N–H and O–H groups in total. The summed E-state index contributed by atoms with van der Waals surface area (Å²) in [7, 11) is 0. The number of hydrogen-bond acceptors (Lipinski definition) is 2. The maximum Gasteiger partial charge on any atom is 0.237 e. The highest BCUT2D eigenvalue weighted by atomic mass is 16.2. The Morgan fingerprint density at radius 1 is 1.33 bits per heavy atom. The largest absolute Gasteiger partial charge is 0.354 e. The van der Waals surface area contributed by atoms with E-state index in [1.807, 2.05) is 0 Å². The first-order chi connectivity index (χ1) is 8.61. The second-order valence-electron chi connectivity index (χ2n) is 6.67. The van der Waals surface area contributed by atoms with Crippen LogP contribution in [0.15, 0.2) is 0 Å². The third-order valence-corrected chi connectivity index (χ3v) is 4.52. The quantitative estimate of drug-likeness (QED) is 0.789. The lowest BCUT2D eigenvalue weighted by Crippen LogP contribution is -2.45. The number of hydrogen-bond donors (Lipinski definition) is 2. The average Bonchev–Trinajstić information content (AvgIpc) is 2.96. The van der Waals surface area contributed by atoms with E-state index in [0.29, 0.717) is 5.41 Å². The van der Waals surface area contributed by atoms with Crippen LogP contribution >= 0.6 is 0 Å². The van der Waals surface area contributed by atoms with Crippen LogP contribution in [0.5, 0.6) is 0 Å². The van der Waals surface area contributed by atoms with Crippen LogP contribution in [0.25, 0.3) is 0 Å². The Morgan fingerprint density at radius 3 is 2.61 bits per heavy atom. The molecule has 0 bridgehead atoms. The Labute approximate surface area is 111 Å². The zero-order valence-corrected chi connectivity index (χ0v) is 11.9. The summed E-state index contributed by atoms with van der Waals surface area (Å²) in [5.41, 5.74) is 0.391. The first kappa shape index (κ1) is 13.9. The van der Waals surface area contributed by atoms with Crippen LogP contribution in [-0.2, 0) is 4.79 Å². The molecule has 0 aromatic heterocycles. The molecular formula is C15H28N2O. The average molecular weight is 252 g/mol. The van der Waals surface area contributed by atoms with Crippen LogP contribution < -0.4 is 10.6 Å². The predicted octanol–water partition coefficient (Wildman–Crippen LogP) is 2.46. The van der Waals surface area contributed by atoms with E-state index in [-0.39, 0.29) is 11.9 Å². The van der Waals surface area contributed by atoms with E-state index in [4.69, 9.17) is 0 Å². The molecule has 3 heteroatoms. The summed E-state index contributed by atoms with van der Waals surface area (Å²) in [6, 6.07) is 0.0718. The van der Waals surface area contributed by atoms with E-state index in [2.05, 4.69) is 24.5 Å². The monoisotopic (exact) mass is 252 g/mol. The van der Waals surface area contributed by atoms with E-state index in [0.717, 1.165) is 31.8 Å². The molecule has 2 rings (SSSR count). The van der Waals surface area contributed by atoms with Crippen molar-refractivity contribution in [1.82, 2.24) is 10.6 Å². The van der Waals surface area contributed by atoms with Crippen molar-refractivity contribution in [3.05, 3.63) is 0 Å². The molecule has 1 amide bonds. The van der Waals surface area contributed by atoms with Crippen LogP contribution in [0.1, 0.15) is 58.8 Å². The van der Waals surface area contributed by atoms with E-state index in [9.17, 15) is 4.79 Å². The fourth-order valence-electron chi connectivity index (χ4n) is 3.75. The molecule has 1 heterocycles. The van der Waals surface area contributed by atoms with Gasteiger partial charge in [-0.3, -0.25) is 4.79 Å². The SMILES string of the molecule is CC(C)CC1(CNC(=O)C2CCCN2)CCCC1. The molecule has 2 aliphatic rings. The molecule has 18 heavy (non-hydrogen) atoms. The van der Waals surface area contributed by atoms with Crippen LogP contribution in [0, 0.1) is 11.3 Å². The summed E-state index contributed by atoms with van der Waals surface area (Å²) in [6.07, 6.45) is 8.66. The van der Waals surface area contributed by atoms with Gasteiger partial charge in [0.15, 0.2) is 0 Å². The van der Waals surface area contributed by atoms with E-state index >= 15 is 0 Å². The predicted molar refractivity (Wildman–Crippen MR) is 74.4 cm³/mol. The lowest BCUT2D eigenvalue weighted by Gasteiger charge is -2.31. The number of amides is 1. The zero-order valence-electron chi connectivity index (χ0n) is 11.9. The molecule has 1 aliphatic heterocycles. The smallest absolute Gasteiger partial charge is 0.237 e. The maximum absolute atomic E-state index is 12.1. The molecule has 1 saturated carbocycles. The van der Waals surface area contributed by atoms with Gasteiger partial charge >= 0.3 is 0 Å². The minimum absolute atomic E-state index is 0.0718. The van der Waals surface area contributed by atoms with Gasteiger partial charge in [-0.2, -0.15) is 0 Å². The van der Waals surface area contributed by atoms with Crippen LogP contribution in [0.2, 0.25) is 0 Å². The zero-order chi connectivity index (χ0) is 13.0. The van der Waals surface area contributed by atoms with Crippen LogP contribution in [-0.4, -0.2) is 25.0 Å². The van der Waals surface area contributed by atoms with Crippen molar-refractivity contribution in [2.45, 2.75) is 64.8 Å². The van der Waals surface area contributed by atoms with Crippen molar-refractivity contribution in [2.75, 3.05) is 13.1 Å². The van der Waals surface area contributed by atoms with Gasteiger partial charge in [-0.1, -0.05) is 26.7 Å². The normalized spacial score (nSPS) is 26.7. The van der Waals surface area contributed by atoms with Crippen LogP contribution in [0.4, 0.5) is 0 Å². The van der Waals surface area contributed by atoms with Gasteiger partial charge in [0.2, 0.25) is 5.91 Å². The summed E-state index contributed by atoms with van der Waals surface area (Å²) in [4.78, 5) is 12.1. The molecule has 0 aromatic rings. The molecule has 1 atom stereocenters. The standard InChI is InChI=1S/C15H28N2O/c1-12(2)10-15(7-3-4-8-15)11-17-14(18)13-6-5-9-16-13/h12-13,16H,3-11H2,1-2H3,(H,17,18). The van der Waals surface area contributed by atoms with Crippen molar-refractivity contribution in [3.63, 3.8) is 0 Å². The molecule has 1 aliphatic carbocycles. The molecule has 1 saturated heterocycles. The Hall–Kier alpha value is -0.570. The van der Waals surface area contributed by atoms with Gasteiger partial charge < -0.3 is 10.6 Å². The Kier molecular flexibility index (Phi) is 4.66. The van der Waals surface area contributed by atoms with E-state index in [1.54, 1.807) is 0 Å². The van der Waals surface area contributed by atoms with E-state index < -0.39 is 0 Å². The van der Waals surface area contributed by atoms with Gasteiger partial charge in [-0.05, 0) is 50.0 Å². The van der Waals surface area contributed by atoms with Crippen molar-refractivity contribution >= 4 is 5.91 Å². The fraction of sp³-hybridized carbons (Fsp3) is 0.933. The minimum Gasteiger partial charge on any atom is -0.354 e. The maximum atomic E-state index is 12.1. The summed E-state index contributed by atoms with van der Waals surface area (Å²) in [5.74, 6) is 0.951. The molecule has 0 aromatic carbocycles. The van der Waals surface area contributed by atoms with Gasteiger partial charge in [-0.15, -0.1) is 0 Å². The molecule has 0 spiro atoms. The number of carbonyl (C=O) groups is 1. The number of rotatable bonds is 5. The van der Waals surface area contributed by atoms with E-state index in [1.165, 1.54) is 32.1 Å². The number of carbonyl (C=O) groups excluding carboxylic acids is 1. The van der Waals surface area contributed by atoms with Crippen molar-refractivity contribution in [2.24, 2.45) is 11.3 Å². The molecule has 0 radical (unpaired) electrons. The summed E-state index contributed by atoms with van der Waals surface area (Å²) >= 11 is 0. The van der Waals surface area contributed by atoms with Gasteiger partial charge in [0.25, 0.3) is 0 Å². The highest BCUT2D eigenvalue weighted by molar-refractivity contribution is 5.82. The second-order valence-corrected chi connectivity index (χ2v) is 6.67. The Balaban J connectivity index is 1.83. The van der Waals surface area contributed by atoms with Crippen LogP contribution in [0.3, 0.4) is 0 Å². The van der Waals surface area contributed by atoms with Gasteiger partial charge in [0.05, 0.1) is 6.04 Å². The van der Waals surface area contributed by atoms with Gasteiger partial charge in [-0.25, -0.2) is 0 Å². The lowest BCUT2D eigenvalue weighted by atomic mass is 9.78. The third kappa shape index (κ3) is 3.47. The summed E-state index contributed by atoms with van der Waals surface area (Å²) in [6.45, 7) is 6.47. The first-order valence-corrected chi connectivity index (χ1v) is 7.62. The minimum atomic E-state index is 0.0718.